The van der Waals surface area contributed by atoms with Gasteiger partial charge in [-0.25, -0.2) is 0 Å². The highest BCUT2D eigenvalue weighted by molar-refractivity contribution is 9.10. The zero-order valence-electron chi connectivity index (χ0n) is 26.7. The number of rotatable bonds is 5. The molecule has 0 aromatic heterocycles. The van der Waals surface area contributed by atoms with Crippen molar-refractivity contribution in [3.63, 3.8) is 0 Å². The third kappa shape index (κ3) is 4.32. The Hall–Kier alpha value is -4.47. The minimum atomic E-state index is -0.114. The van der Waals surface area contributed by atoms with Gasteiger partial charge in [0.2, 0.25) is 0 Å². The summed E-state index contributed by atoms with van der Waals surface area (Å²) < 4.78 is 0.806. The first-order valence-electron chi connectivity index (χ1n) is 16.1. The van der Waals surface area contributed by atoms with Crippen LogP contribution in [0.2, 0.25) is 0 Å². The molecule has 5 aromatic carbocycles. The summed E-state index contributed by atoms with van der Waals surface area (Å²) in [7, 11) is 0. The zero-order chi connectivity index (χ0) is 31.8. The van der Waals surface area contributed by atoms with Crippen LogP contribution in [-0.2, 0) is 10.8 Å². The van der Waals surface area contributed by atoms with Gasteiger partial charge in [0.1, 0.15) is 0 Å². The minimum absolute atomic E-state index is 0.00908. The molecule has 0 N–H and O–H groups in total. The molecule has 226 valence electrons. The Kier molecular flexibility index (Phi) is 6.63. The molecule has 0 aliphatic heterocycles. The van der Waals surface area contributed by atoms with Gasteiger partial charge in [0, 0.05) is 43.5 Å². The van der Waals surface area contributed by atoms with E-state index in [9.17, 15) is 4.79 Å². The van der Waals surface area contributed by atoms with Gasteiger partial charge in [0.25, 0.3) is 0 Å². The first-order valence-corrected chi connectivity index (χ1v) is 16.9. The molecule has 0 atom stereocenters. The summed E-state index contributed by atoms with van der Waals surface area (Å²) in [5.41, 5.74) is 15.5. The second kappa shape index (κ2) is 10.5. The van der Waals surface area contributed by atoms with Crippen LogP contribution in [0, 0.1) is 0 Å². The fourth-order valence-electron chi connectivity index (χ4n) is 8.06. The van der Waals surface area contributed by atoms with Gasteiger partial charge in [-0.15, -0.1) is 0 Å². The summed E-state index contributed by atoms with van der Waals surface area (Å²) >= 11 is 3.60. The van der Waals surface area contributed by atoms with Crippen LogP contribution in [0.1, 0.15) is 78.7 Å². The van der Waals surface area contributed by atoms with Crippen molar-refractivity contribution < 1.29 is 4.79 Å². The van der Waals surface area contributed by atoms with Crippen molar-refractivity contribution >= 4 is 38.7 Å². The molecule has 46 heavy (non-hydrogen) atoms. The van der Waals surface area contributed by atoms with Crippen LogP contribution >= 0.6 is 15.9 Å². The number of hydrogen-bond acceptors (Lipinski definition) is 2. The fraction of sp³-hybridized carbons (Fsp3) is 0.186. The van der Waals surface area contributed by atoms with Crippen molar-refractivity contribution in [2.75, 3.05) is 4.90 Å². The first-order chi connectivity index (χ1) is 22.2. The highest BCUT2D eigenvalue weighted by atomic mass is 79.9. The molecule has 0 unspecified atom stereocenters. The number of nitrogens with zero attached hydrogens (tertiary/aromatic N) is 1. The predicted molar refractivity (Wildman–Crippen MR) is 194 cm³/mol. The van der Waals surface area contributed by atoms with E-state index in [-0.39, 0.29) is 16.6 Å². The maximum atomic E-state index is 13.8. The molecule has 0 spiro atoms. The Morgan fingerprint density at radius 2 is 1.28 bits per heavy atom. The van der Waals surface area contributed by atoms with E-state index >= 15 is 0 Å². The average Bonchev–Trinajstić information content (AvgIpc) is 3.44. The van der Waals surface area contributed by atoms with E-state index in [0.717, 1.165) is 28.7 Å². The topological polar surface area (TPSA) is 20.3 Å². The number of allylic oxidation sites excluding steroid dienone is 4. The Morgan fingerprint density at radius 3 is 2.07 bits per heavy atom. The number of ketones is 1. The summed E-state index contributed by atoms with van der Waals surface area (Å²) in [6, 6.07) is 40.4. The lowest BCUT2D eigenvalue weighted by molar-refractivity contribution is 0.103. The van der Waals surface area contributed by atoms with E-state index in [1.807, 2.05) is 36.4 Å². The Balaban J connectivity index is 1.29. The minimum Gasteiger partial charge on any atom is -0.314 e. The normalized spacial score (nSPS) is 16.7. The number of benzene rings is 5. The third-order valence-electron chi connectivity index (χ3n) is 10.5. The Morgan fingerprint density at radius 1 is 0.630 bits per heavy atom. The molecule has 0 saturated carbocycles. The van der Waals surface area contributed by atoms with E-state index in [4.69, 9.17) is 0 Å². The second-order valence-electron chi connectivity index (χ2n) is 13.8. The molecule has 8 rings (SSSR count). The molecular weight excluding hydrogens is 626 g/mol. The molecule has 0 radical (unpaired) electrons. The van der Waals surface area contributed by atoms with Crippen molar-refractivity contribution in [3.05, 3.63) is 170 Å². The van der Waals surface area contributed by atoms with Gasteiger partial charge in [-0.1, -0.05) is 122 Å². The monoisotopic (exact) mass is 661 g/mol. The molecule has 3 aliphatic carbocycles. The van der Waals surface area contributed by atoms with Gasteiger partial charge in [0.05, 0.1) is 0 Å². The second-order valence-corrected chi connectivity index (χ2v) is 14.6. The molecule has 0 amide bonds. The van der Waals surface area contributed by atoms with Gasteiger partial charge in [-0.3, -0.25) is 4.79 Å². The van der Waals surface area contributed by atoms with Gasteiger partial charge in [-0.2, -0.15) is 0 Å². The van der Waals surface area contributed by atoms with Crippen molar-refractivity contribution in [3.8, 4) is 11.1 Å². The molecule has 0 heterocycles. The van der Waals surface area contributed by atoms with Crippen molar-refractivity contribution in [2.45, 2.75) is 51.4 Å². The lowest BCUT2D eigenvalue weighted by Crippen LogP contribution is -2.23. The van der Waals surface area contributed by atoms with E-state index in [2.05, 4.69) is 133 Å². The number of anilines is 2. The van der Waals surface area contributed by atoms with Gasteiger partial charge >= 0.3 is 0 Å². The average molecular weight is 663 g/mol. The predicted octanol–water partition coefficient (Wildman–Crippen LogP) is 11.5. The van der Waals surface area contributed by atoms with Crippen LogP contribution in [0.25, 0.3) is 16.7 Å². The molecule has 5 aromatic rings. The standard InChI is InChI=1S/C43H36BrNO/c1-42(2)36-17-8-5-14-31(36)33-22-20-29(25-38(33)42)45(28-13-11-12-27(24-28)41(46)35-16-7-10-19-40(35)44)30-21-23-34-32-15-6-9-18-37(32)43(3,4)39(34)26-30/h5-20,22,24-26H,21,23H2,1-4H3. The number of fused-ring (bicyclic) bond motifs is 5. The van der Waals surface area contributed by atoms with Gasteiger partial charge in [0.15, 0.2) is 5.78 Å². The molecule has 0 saturated heterocycles. The Bertz CT molecular complexity index is 2150. The van der Waals surface area contributed by atoms with Crippen LogP contribution in [0.5, 0.6) is 0 Å². The van der Waals surface area contributed by atoms with Crippen molar-refractivity contribution in [1.82, 2.24) is 0 Å². The Labute approximate surface area is 280 Å². The van der Waals surface area contributed by atoms with Crippen LogP contribution in [-0.4, -0.2) is 5.78 Å². The number of carbonyl (C=O) groups is 1. The lowest BCUT2D eigenvalue weighted by Gasteiger charge is -2.33. The number of carbonyl (C=O) groups excluding carboxylic acids is 1. The van der Waals surface area contributed by atoms with E-state index in [1.54, 1.807) is 0 Å². The van der Waals surface area contributed by atoms with Gasteiger partial charge < -0.3 is 4.90 Å². The van der Waals surface area contributed by atoms with Crippen LogP contribution in [0.4, 0.5) is 11.4 Å². The van der Waals surface area contributed by atoms with Gasteiger partial charge in [-0.05, 0) is 99.8 Å². The summed E-state index contributed by atoms with van der Waals surface area (Å²) in [5, 5.41) is 0. The van der Waals surface area contributed by atoms with Crippen molar-refractivity contribution in [1.29, 1.82) is 0 Å². The quantitative estimate of drug-likeness (QED) is 0.175. The summed E-state index contributed by atoms with van der Waals surface area (Å²) in [5.74, 6) is 0.00908. The third-order valence-corrected chi connectivity index (χ3v) is 11.2. The maximum absolute atomic E-state index is 13.8. The van der Waals surface area contributed by atoms with Crippen LogP contribution < -0.4 is 4.90 Å². The molecule has 3 heteroatoms. The molecule has 0 bridgehead atoms. The highest BCUT2D eigenvalue weighted by Crippen LogP contribution is 2.53. The zero-order valence-corrected chi connectivity index (χ0v) is 28.3. The molecule has 3 aliphatic rings. The van der Waals surface area contributed by atoms with Crippen LogP contribution in [0.3, 0.4) is 0 Å². The van der Waals surface area contributed by atoms with Crippen LogP contribution in [0.15, 0.2) is 137 Å². The maximum Gasteiger partial charge on any atom is 0.194 e. The van der Waals surface area contributed by atoms with E-state index in [1.165, 1.54) is 50.2 Å². The SMILES string of the molecule is CC1(C)C2=C(CCC(N(c3cccc(C(=O)c4ccccc4Br)c3)c3ccc4c(c3)C(C)(C)c3ccccc3-4)=C2)c2ccccc21. The summed E-state index contributed by atoms with van der Waals surface area (Å²) in [6.45, 7) is 9.37. The number of hydrogen-bond donors (Lipinski definition) is 0. The first kappa shape index (κ1) is 29.0. The molecular formula is C43H36BrNO. The summed E-state index contributed by atoms with van der Waals surface area (Å²) in [6.07, 6.45) is 4.33. The fourth-order valence-corrected chi connectivity index (χ4v) is 8.53. The largest absolute Gasteiger partial charge is 0.314 e. The van der Waals surface area contributed by atoms with E-state index in [0.29, 0.717) is 11.1 Å². The summed E-state index contributed by atoms with van der Waals surface area (Å²) in [4.78, 5) is 16.2. The highest BCUT2D eigenvalue weighted by Gasteiger charge is 2.39. The lowest BCUT2D eigenvalue weighted by atomic mass is 9.79. The smallest absolute Gasteiger partial charge is 0.194 e. The van der Waals surface area contributed by atoms with E-state index < -0.39 is 0 Å². The van der Waals surface area contributed by atoms with Crippen molar-refractivity contribution in [2.24, 2.45) is 0 Å². The molecule has 2 nitrogen and oxygen atoms in total. The molecule has 0 fully saturated rings. The number of halogens is 1.